The third-order valence-corrected chi connectivity index (χ3v) is 2.82. The van der Waals surface area contributed by atoms with Crippen LogP contribution in [-0.2, 0) is 14.3 Å². The predicted molar refractivity (Wildman–Crippen MR) is 68.1 cm³/mol. The number of carbonyl (C=O) groups is 3. The van der Waals surface area contributed by atoms with Gasteiger partial charge in [-0.3, -0.25) is 9.59 Å². The number of carbonyl (C=O) groups excluding carboxylic acids is 2. The maximum absolute atomic E-state index is 11.5. The van der Waals surface area contributed by atoms with Crippen LogP contribution in [0.3, 0.4) is 0 Å². The van der Waals surface area contributed by atoms with E-state index in [4.69, 9.17) is 9.84 Å². The predicted octanol–water partition coefficient (Wildman–Crippen LogP) is -0.305. The van der Waals surface area contributed by atoms with Gasteiger partial charge in [-0.15, -0.1) is 11.3 Å². The summed E-state index contributed by atoms with van der Waals surface area (Å²) in [7, 11) is 0. The third-order valence-electron chi connectivity index (χ3n) is 1.95. The Kier molecular flexibility index (Phi) is 6.55. The zero-order chi connectivity index (χ0) is 14.1. The van der Waals surface area contributed by atoms with Crippen LogP contribution in [0.2, 0.25) is 0 Å². The van der Waals surface area contributed by atoms with Gasteiger partial charge >= 0.3 is 5.97 Å². The summed E-state index contributed by atoms with van der Waals surface area (Å²) >= 11 is 1.29. The Labute approximate surface area is 113 Å². The highest BCUT2D eigenvalue weighted by molar-refractivity contribution is 7.12. The van der Waals surface area contributed by atoms with E-state index in [2.05, 4.69) is 10.6 Å². The molecule has 1 heterocycles. The van der Waals surface area contributed by atoms with Crippen LogP contribution in [0.5, 0.6) is 0 Å². The molecule has 104 valence electrons. The van der Waals surface area contributed by atoms with E-state index >= 15 is 0 Å². The minimum atomic E-state index is -1.06. The topological polar surface area (TPSA) is 105 Å². The number of ether oxygens (including phenoxy) is 1. The molecule has 0 aliphatic heterocycles. The van der Waals surface area contributed by atoms with Gasteiger partial charge in [0.1, 0.15) is 6.61 Å². The normalized spacial score (nSPS) is 9.89. The third kappa shape index (κ3) is 6.53. The number of amides is 2. The molecule has 8 heteroatoms. The lowest BCUT2D eigenvalue weighted by Crippen LogP contribution is -2.38. The van der Waals surface area contributed by atoms with Crippen molar-refractivity contribution in [1.82, 2.24) is 10.6 Å². The quantitative estimate of drug-likeness (QED) is 0.569. The molecule has 0 aliphatic carbocycles. The van der Waals surface area contributed by atoms with Crippen molar-refractivity contribution in [2.45, 2.75) is 0 Å². The Morgan fingerprint density at radius 1 is 1.32 bits per heavy atom. The molecule has 0 bridgehead atoms. The Bertz CT molecular complexity index is 432. The zero-order valence-corrected chi connectivity index (χ0v) is 10.9. The maximum atomic E-state index is 11.5. The van der Waals surface area contributed by atoms with Crippen LogP contribution in [0.1, 0.15) is 9.67 Å². The van der Waals surface area contributed by atoms with Crippen molar-refractivity contribution in [2.24, 2.45) is 0 Å². The van der Waals surface area contributed by atoms with E-state index in [-0.39, 0.29) is 31.5 Å². The van der Waals surface area contributed by atoms with Crippen molar-refractivity contribution in [3.05, 3.63) is 22.4 Å². The number of nitrogens with one attached hydrogen (secondary N) is 2. The number of thiophene rings is 1. The van der Waals surface area contributed by atoms with E-state index in [0.29, 0.717) is 4.88 Å². The van der Waals surface area contributed by atoms with Gasteiger partial charge in [-0.1, -0.05) is 6.07 Å². The summed E-state index contributed by atoms with van der Waals surface area (Å²) in [5, 5.41) is 15.0. The number of carboxylic acid groups (broad SMARTS) is 1. The minimum Gasteiger partial charge on any atom is -0.480 e. The summed E-state index contributed by atoms with van der Waals surface area (Å²) < 4.78 is 4.73. The smallest absolute Gasteiger partial charge is 0.329 e. The van der Waals surface area contributed by atoms with Crippen molar-refractivity contribution < 1.29 is 24.2 Å². The highest BCUT2D eigenvalue weighted by Gasteiger charge is 2.08. The first-order valence-corrected chi connectivity index (χ1v) is 6.35. The second kappa shape index (κ2) is 8.22. The Morgan fingerprint density at radius 3 is 2.74 bits per heavy atom. The van der Waals surface area contributed by atoms with Crippen LogP contribution >= 0.6 is 11.3 Å². The van der Waals surface area contributed by atoms with Crippen molar-refractivity contribution >= 4 is 29.1 Å². The van der Waals surface area contributed by atoms with Gasteiger partial charge in [-0.2, -0.15) is 0 Å². The molecule has 1 aromatic heterocycles. The molecule has 0 radical (unpaired) electrons. The minimum absolute atomic E-state index is 0.108. The van der Waals surface area contributed by atoms with Gasteiger partial charge in [0.25, 0.3) is 5.91 Å². The van der Waals surface area contributed by atoms with Crippen LogP contribution in [0.25, 0.3) is 0 Å². The molecule has 0 aliphatic rings. The SMILES string of the molecule is O=C(O)COCCNC(=O)CNC(=O)c1cccs1. The van der Waals surface area contributed by atoms with Crippen LogP contribution in [0, 0.1) is 0 Å². The number of aliphatic carboxylic acids is 1. The summed E-state index contributed by atoms with van der Waals surface area (Å²) in [6.45, 7) is -0.224. The largest absolute Gasteiger partial charge is 0.480 e. The van der Waals surface area contributed by atoms with Gasteiger partial charge in [0.05, 0.1) is 18.0 Å². The lowest BCUT2D eigenvalue weighted by atomic mass is 10.4. The number of hydrogen-bond acceptors (Lipinski definition) is 5. The summed E-state index contributed by atoms with van der Waals surface area (Å²) in [6.07, 6.45) is 0. The second-order valence-corrected chi connectivity index (χ2v) is 4.40. The van der Waals surface area contributed by atoms with Crippen LogP contribution in [0.15, 0.2) is 17.5 Å². The number of carboxylic acids is 1. The maximum Gasteiger partial charge on any atom is 0.329 e. The van der Waals surface area contributed by atoms with Crippen LogP contribution < -0.4 is 10.6 Å². The van der Waals surface area contributed by atoms with Crippen molar-refractivity contribution in [3.8, 4) is 0 Å². The van der Waals surface area contributed by atoms with E-state index < -0.39 is 12.6 Å². The highest BCUT2D eigenvalue weighted by Crippen LogP contribution is 2.07. The van der Waals surface area contributed by atoms with Gasteiger partial charge in [-0.25, -0.2) is 4.79 Å². The van der Waals surface area contributed by atoms with E-state index in [0.717, 1.165) is 0 Å². The molecule has 3 N–H and O–H groups in total. The molecule has 7 nitrogen and oxygen atoms in total. The van der Waals surface area contributed by atoms with Gasteiger partial charge in [0.2, 0.25) is 5.91 Å². The van der Waals surface area contributed by atoms with Gasteiger partial charge in [-0.05, 0) is 11.4 Å². The van der Waals surface area contributed by atoms with E-state index in [1.807, 2.05) is 0 Å². The molecule has 0 saturated carbocycles. The summed E-state index contributed by atoms with van der Waals surface area (Å²) in [5.74, 6) is -1.72. The summed E-state index contributed by atoms with van der Waals surface area (Å²) in [4.78, 5) is 33.5. The molecule has 0 spiro atoms. The monoisotopic (exact) mass is 286 g/mol. The molecular weight excluding hydrogens is 272 g/mol. The molecule has 2 amide bonds. The first-order chi connectivity index (χ1) is 9.09. The lowest BCUT2D eigenvalue weighted by Gasteiger charge is -2.06. The summed E-state index contributed by atoms with van der Waals surface area (Å²) in [5.41, 5.74) is 0. The molecule has 0 fully saturated rings. The van der Waals surface area contributed by atoms with Gasteiger partial charge in [0, 0.05) is 6.54 Å². The van der Waals surface area contributed by atoms with Crippen molar-refractivity contribution in [3.63, 3.8) is 0 Å². The number of hydrogen-bond donors (Lipinski definition) is 3. The molecular formula is C11H14N2O5S. The molecule has 19 heavy (non-hydrogen) atoms. The van der Waals surface area contributed by atoms with Gasteiger partial charge in [0.15, 0.2) is 0 Å². The fraction of sp³-hybridized carbons (Fsp3) is 0.364. The fourth-order valence-corrected chi connectivity index (χ4v) is 1.78. The van der Waals surface area contributed by atoms with Gasteiger partial charge < -0.3 is 20.5 Å². The first-order valence-electron chi connectivity index (χ1n) is 5.47. The van der Waals surface area contributed by atoms with Crippen molar-refractivity contribution in [2.75, 3.05) is 26.3 Å². The first kappa shape index (κ1) is 15.1. The molecule has 1 aromatic rings. The molecule has 0 aromatic carbocycles. The molecule has 0 atom stereocenters. The Morgan fingerprint density at radius 2 is 2.11 bits per heavy atom. The van der Waals surface area contributed by atoms with E-state index in [1.165, 1.54) is 11.3 Å². The standard InChI is InChI=1S/C11H14N2O5S/c14-9(12-3-4-18-7-10(15)16)6-13-11(17)8-2-1-5-19-8/h1-2,5H,3-4,6-7H2,(H,12,14)(H,13,17)(H,15,16). The second-order valence-electron chi connectivity index (χ2n) is 3.46. The molecule has 0 saturated heterocycles. The fourth-order valence-electron chi connectivity index (χ4n) is 1.14. The van der Waals surface area contributed by atoms with E-state index in [9.17, 15) is 14.4 Å². The number of rotatable bonds is 8. The van der Waals surface area contributed by atoms with Crippen LogP contribution in [0.4, 0.5) is 0 Å². The zero-order valence-electron chi connectivity index (χ0n) is 10.0. The lowest BCUT2D eigenvalue weighted by molar-refractivity contribution is -0.142. The van der Waals surface area contributed by atoms with Crippen LogP contribution in [-0.4, -0.2) is 49.2 Å². The molecule has 1 rings (SSSR count). The summed E-state index contributed by atoms with van der Waals surface area (Å²) in [6, 6.07) is 3.41. The van der Waals surface area contributed by atoms with Crippen molar-refractivity contribution in [1.29, 1.82) is 0 Å². The Balaban J connectivity index is 2.08. The Hall–Kier alpha value is -1.93. The van der Waals surface area contributed by atoms with E-state index in [1.54, 1.807) is 17.5 Å². The average Bonchev–Trinajstić information content (AvgIpc) is 2.89. The average molecular weight is 286 g/mol. The highest BCUT2D eigenvalue weighted by atomic mass is 32.1. The molecule has 0 unspecified atom stereocenters.